The molecule has 0 aliphatic carbocycles. The summed E-state index contributed by atoms with van der Waals surface area (Å²) < 4.78 is 10.4. The van der Waals surface area contributed by atoms with E-state index in [1.165, 1.54) is 0 Å². The largest absolute Gasteiger partial charge is 0.497 e. The molecule has 8 heteroatoms. The van der Waals surface area contributed by atoms with E-state index in [-0.39, 0.29) is 18.2 Å². The minimum absolute atomic E-state index is 0.101. The summed E-state index contributed by atoms with van der Waals surface area (Å²) in [6.07, 6.45) is 3.31. The van der Waals surface area contributed by atoms with Gasteiger partial charge < -0.3 is 19.3 Å². The molecule has 28 heavy (non-hydrogen) atoms. The first-order valence-electron chi connectivity index (χ1n) is 9.51. The van der Waals surface area contributed by atoms with E-state index in [9.17, 15) is 9.59 Å². The third-order valence-electron chi connectivity index (χ3n) is 5.03. The molecule has 1 amide bonds. The van der Waals surface area contributed by atoms with Gasteiger partial charge >= 0.3 is 5.97 Å². The molecule has 1 aromatic heterocycles. The minimum Gasteiger partial charge on any atom is -0.497 e. The molecule has 2 heterocycles. The van der Waals surface area contributed by atoms with Crippen molar-refractivity contribution >= 4 is 11.9 Å². The van der Waals surface area contributed by atoms with Gasteiger partial charge in [0, 0.05) is 37.9 Å². The monoisotopic (exact) mass is 387 g/mol. The van der Waals surface area contributed by atoms with E-state index in [1.54, 1.807) is 7.11 Å². The topological polar surface area (TPSA) is 106 Å². The Kier molecular flexibility index (Phi) is 6.62. The van der Waals surface area contributed by atoms with Crippen molar-refractivity contribution in [1.29, 1.82) is 0 Å². The number of methoxy groups -OCH3 is 1. The molecule has 8 nitrogen and oxygen atoms in total. The molecule has 1 N–H and O–H groups in total. The fraction of sp³-hybridized carbons (Fsp3) is 0.500. The quantitative estimate of drug-likeness (QED) is 0.742. The Morgan fingerprint density at radius 3 is 2.61 bits per heavy atom. The Bertz CT molecular complexity index is 794. The molecule has 0 atom stereocenters. The Morgan fingerprint density at radius 1 is 1.25 bits per heavy atom. The molecule has 1 aromatic carbocycles. The molecular formula is C20H25N3O5. The van der Waals surface area contributed by atoms with Gasteiger partial charge in [0.05, 0.1) is 7.11 Å². The van der Waals surface area contributed by atoms with Crippen molar-refractivity contribution in [2.24, 2.45) is 5.92 Å². The lowest BCUT2D eigenvalue weighted by Gasteiger charge is -2.31. The van der Waals surface area contributed by atoms with E-state index >= 15 is 0 Å². The molecule has 0 spiro atoms. The molecule has 0 bridgehead atoms. The third kappa shape index (κ3) is 5.31. The Hall–Kier alpha value is -2.90. The Labute approximate surface area is 163 Å². The van der Waals surface area contributed by atoms with Crippen molar-refractivity contribution in [3.8, 4) is 17.1 Å². The average molecular weight is 387 g/mol. The second-order valence-corrected chi connectivity index (χ2v) is 7.02. The molecule has 2 aromatic rings. The van der Waals surface area contributed by atoms with E-state index in [4.69, 9.17) is 14.4 Å². The SMILES string of the molecule is COc1ccc(-c2noc(CCCC(=O)N3CCC(CC(=O)O)CC3)n2)cc1. The van der Waals surface area contributed by atoms with E-state index in [0.29, 0.717) is 44.1 Å². The fourth-order valence-electron chi connectivity index (χ4n) is 3.40. The van der Waals surface area contributed by atoms with Crippen molar-refractivity contribution < 1.29 is 24.0 Å². The maximum atomic E-state index is 12.3. The van der Waals surface area contributed by atoms with Gasteiger partial charge in [0.15, 0.2) is 0 Å². The van der Waals surface area contributed by atoms with Crippen LogP contribution in [0.5, 0.6) is 5.75 Å². The minimum atomic E-state index is -0.765. The highest BCUT2D eigenvalue weighted by molar-refractivity contribution is 5.76. The molecule has 1 fully saturated rings. The number of carboxylic acids is 1. The van der Waals surface area contributed by atoms with Crippen LogP contribution in [0.2, 0.25) is 0 Å². The molecular weight excluding hydrogens is 362 g/mol. The number of carbonyl (C=O) groups excluding carboxylic acids is 1. The summed E-state index contributed by atoms with van der Waals surface area (Å²) in [4.78, 5) is 29.3. The summed E-state index contributed by atoms with van der Waals surface area (Å²) in [7, 11) is 1.61. The molecule has 0 radical (unpaired) electrons. The number of rotatable bonds is 8. The highest BCUT2D eigenvalue weighted by Crippen LogP contribution is 2.22. The van der Waals surface area contributed by atoms with Gasteiger partial charge in [0.2, 0.25) is 17.6 Å². The maximum Gasteiger partial charge on any atom is 0.303 e. The summed E-state index contributed by atoms with van der Waals surface area (Å²) in [5.74, 6) is 1.31. The zero-order valence-corrected chi connectivity index (χ0v) is 16.0. The first-order valence-corrected chi connectivity index (χ1v) is 9.51. The molecule has 0 unspecified atom stereocenters. The number of benzene rings is 1. The first kappa shape index (κ1) is 19.9. The van der Waals surface area contributed by atoms with Gasteiger partial charge in [-0.25, -0.2) is 0 Å². The van der Waals surface area contributed by atoms with Gasteiger partial charge in [-0.05, 0) is 49.4 Å². The third-order valence-corrected chi connectivity index (χ3v) is 5.03. The summed E-state index contributed by atoms with van der Waals surface area (Å²) in [5, 5.41) is 12.8. The number of hydrogen-bond donors (Lipinski definition) is 1. The highest BCUT2D eigenvalue weighted by atomic mass is 16.5. The van der Waals surface area contributed by atoms with E-state index < -0.39 is 5.97 Å². The van der Waals surface area contributed by atoms with Crippen LogP contribution in [0.1, 0.15) is 38.0 Å². The fourth-order valence-corrected chi connectivity index (χ4v) is 3.40. The van der Waals surface area contributed by atoms with Crippen LogP contribution >= 0.6 is 0 Å². The van der Waals surface area contributed by atoms with Crippen LogP contribution in [0.25, 0.3) is 11.4 Å². The lowest BCUT2D eigenvalue weighted by Crippen LogP contribution is -2.38. The average Bonchev–Trinajstić information content (AvgIpc) is 3.17. The van der Waals surface area contributed by atoms with Gasteiger partial charge in [-0.3, -0.25) is 9.59 Å². The molecule has 3 rings (SSSR count). The van der Waals surface area contributed by atoms with Crippen LogP contribution in [0, 0.1) is 5.92 Å². The molecule has 1 aliphatic rings. The number of aliphatic carboxylic acids is 1. The molecule has 0 saturated carbocycles. The zero-order valence-electron chi connectivity index (χ0n) is 16.0. The Balaban J connectivity index is 1.42. The van der Waals surface area contributed by atoms with Gasteiger partial charge in [0.25, 0.3) is 0 Å². The molecule has 1 saturated heterocycles. The number of carboxylic acid groups (broad SMARTS) is 1. The molecule has 150 valence electrons. The number of carbonyl (C=O) groups is 2. The van der Waals surface area contributed by atoms with E-state index in [0.717, 1.165) is 24.2 Å². The number of ether oxygens (including phenoxy) is 1. The van der Waals surface area contributed by atoms with E-state index in [1.807, 2.05) is 29.2 Å². The summed E-state index contributed by atoms with van der Waals surface area (Å²) in [5.41, 5.74) is 0.844. The predicted octanol–water partition coefficient (Wildman–Crippen LogP) is 2.78. The lowest BCUT2D eigenvalue weighted by molar-refractivity contribution is -0.138. The second kappa shape index (κ2) is 9.34. The normalized spacial score (nSPS) is 14.8. The van der Waals surface area contributed by atoms with Gasteiger partial charge in [-0.1, -0.05) is 5.16 Å². The number of hydrogen-bond acceptors (Lipinski definition) is 6. The van der Waals surface area contributed by atoms with Crippen LogP contribution < -0.4 is 4.74 Å². The van der Waals surface area contributed by atoms with Crippen molar-refractivity contribution in [3.05, 3.63) is 30.2 Å². The number of aryl methyl sites for hydroxylation is 1. The number of nitrogens with zero attached hydrogens (tertiary/aromatic N) is 3. The summed E-state index contributed by atoms with van der Waals surface area (Å²) in [6.45, 7) is 1.28. The predicted molar refractivity (Wildman–Crippen MR) is 101 cm³/mol. The zero-order chi connectivity index (χ0) is 19.9. The van der Waals surface area contributed by atoms with Gasteiger partial charge in [0.1, 0.15) is 5.75 Å². The van der Waals surface area contributed by atoms with Crippen molar-refractivity contribution in [2.75, 3.05) is 20.2 Å². The summed E-state index contributed by atoms with van der Waals surface area (Å²) >= 11 is 0. The highest BCUT2D eigenvalue weighted by Gasteiger charge is 2.24. The van der Waals surface area contributed by atoms with Gasteiger partial charge in [-0.2, -0.15) is 4.98 Å². The number of amides is 1. The van der Waals surface area contributed by atoms with Crippen molar-refractivity contribution in [1.82, 2.24) is 15.0 Å². The maximum absolute atomic E-state index is 12.3. The van der Waals surface area contributed by atoms with Crippen LogP contribution in [-0.2, 0) is 16.0 Å². The number of piperidine rings is 1. The van der Waals surface area contributed by atoms with Crippen LogP contribution in [0.15, 0.2) is 28.8 Å². The van der Waals surface area contributed by atoms with Crippen LogP contribution in [0.4, 0.5) is 0 Å². The number of aromatic nitrogens is 2. The van der Waals surface area contributed by atoms with Gasteiger partial charge in [-0.15, -0.1) is 0 Å². The van der Waals surface area contributed by atoms with Crippen molar-refractivity contribution in [3.63, 3.8) is 0 Å². The van der Waals surface area contributed by atoms with E-state index in [2.05, 4.69) is 10.1 Å². The lowest BCUT2D eigenvalue weighted by atomic mass is 9.93. The smallest absolute Gasteiger partial charge is 0.303 e. The van der Waals surface area contributed by atoms with Crippen molar-refractivity contribution in [2.45, 2.75) is 38.5 Å². The van der Waals surface area contributed by atoms with Crippen LogP contribution in [-0.4, -0.2) is 52.2 Å². The summed E-state index contributed by atoms with van der Waals surface area (Å²) in [6, 6.07) is 7.41. The standard InChI is InChI=1S/C20H25N3O5/c1-27-16-7-5-15(6-8-16)20-21-17(28-22-20)3-2-4-18(24)23-11-9-14(10-12-23)13-19(25)26/h5-8,14H,2-4,9-13H2,1H3,(H,25,26). The van der Waals surface area contributed by atoms with Crippen LogP contribution in [0.3, 0.4) is 0 Å². The molecule has 1 aliphatic heterocycles. The number of likely N-dealkylation sites (tertiary alicyclic amines) is 1. The second-order valence-electron chi connectivity index (χ2n) is 7.02. The Morgan fingerprint density at radius 2 is 1.96 bits per heavy atom. The first-order chi connectivity index (χ1) is 13.5.